The summed E-state index contributed by atoms with van der Waals surface area (Å²) in [6, 6.07) is 0. The summed E-state index contributed by atoms with van der Waals surface area (Å²) in [4.78, 5) is 0. The Morgan fingerprint density at radius 3 is 2.12 bits per heavy atom. The minimum atomic E-state index is -0.700. The lowest BCUT2D eigenvalue weighted by Crippen LogP contribution is -2.23. The quantitative estimate of drug-likeness (QED) is 0.440. The van der Waals surface area contributed by atoms with E-state index in [1.54, 1.807) is 0 Å². The Labute approximate surface area is 49.1 Å². The summed E-state index contributed by atoms with van der Waals surface area (Å²) in [6.45, 7) is 3.45. The highest BCUT2D eigenvalue weighted by atomic mass is 16.3. The van der Waals surface area contributed by atoms with Crippen LogP contribution in [-0.4, -0.2) is 29.0 Å². The Morgan fingerprint density at radius 2 is 2.00 bits per heavy atom. The van der Waals surface area contributed by atoms with Crippen molar-refractivity contribution in [3.05, 3.63) is 6.92 Å². The van der Waals surface area contributed by atoms with Crippen molar-refractivity contribution in [1.82, 2.24) is 0 Å². The molecular weight excluding hydrogens is 106 g/mol. The van der Waals surface area contributed by atoms with Crippen molar-refractivity contribution in [3.63, 3.8) is 0 Å². The second kappa shape index (κ2) is 3.83. The van der Waals surface area contributed by atoms with Gasteiger partial charge < -0.3 is 15.9 Å². The van der Waals surface area contributed by atoms with Gasteiger partial charge in [-0.25, -0.2) is 0 Å². The van der Waals surface area contributed by atoms with Gasteiger partial charge in [-0.2, -0.15) is 0 Å². The number of hydrogen-bond donors (Lipinski definition) is 3. The topological polar surface area (TPSA) is 66.5 Å². The molecule has 0 aliphatic rings. The van der Waals surface area contributed by atoms with Crippen molar-refractivity contribution < 1.29 is 10.2 Å². The zero-order valence-electron chi connectivity index (χ0n) is 4.75. The molecule has 0 aromatic carbocycles. The van der Waals surface area contributed by atoms with E-state index in [2.05, 4.69) is 6.92 Å². The molecule has 0 heterocycles. The molecule has 2 unspecified atom stereocenters. The van der Waals surface area contributed by atoms with Crippen molar-refractivity contribution in [1.29, 1.82) is 0 Å². The SMILES string of the molecule is [CH2]C(O)CC(O)CN. The fourth-order valence-corrected chi connectivity index (χ4v) is 0.410. The molecule has 0 aliphatic heterocycles. The van der Waals surface area contributed by atoms with E-state index in [4.69, 9.17) is 15.9 Å². The summed E-state index contributed by atoms with van der Waals surface area (Å²) in [7, 11) is 0. The first kappa shape index (κ1) is 7.88. The Kier molecular flexibility index (Phi) is 3.77. The van der Waals surface area contributed by atoms with Crippen LogP contribution in [0.25, 0.3) is 0 Å². The van der Waals surface area contributed by atoms with Crippen LogP contribution in [0.5, 0.6) is 0 Å². The summed E-state index contributed by atoms with van der Waals surface area (Å²) in [5.74, 6) is 0. The summed E-state index contributed by atoms with van der Waals surface area (Å²) >= 11 is 0. The number of rotatable bonds is 3. The van der Waals surface area contributed by atoms with Gasteiger partial charge in [0.15, 0.2) is 0 Å². The van der Waals surface area contributed by atoms with E-state index in [0.717, 1.165) is 0 Å². The number of aliphatic hydroxyl groups is 2. The zero-order valence-corrected chi connectivity index (χ0v) is 4.75. The van der Waals surface area contributed by atoms with Crippen molar-refractivity contribution in [3.8, 4) is 0 Å². The normalized spacial score (nSPS) is 18.0. The monoisotopic (exact) mass is 118 g/mol. The van der Waals surface area contributed by atoms with Gasteiger partial charge >= 0.3 is 0 Å². The van der Waals surface area contributed by atoms with Gasteiger partial charge in [0.2, 0.25) is 0 Å². The minimum Gasteiger partial charge on any atom is -0.393 e. The van der Waals surface area contributed by atoms with Crippen LogP contribution in [0.15, 0.2) is 0 Å². The van der Waals surface area contributed by atoms with E-state index in [9.17, 15) is 0 Å². The Morgan fingerprint density at radius 1 is 1.50 bits per heavy atom. The van der Waals surface area contributed by atoms with E-state index in [1.807, 2.05) is 0 Å². The molecular formula is C5H12NO2. The first-order valence-corrected chi connectivity index (χ1v) is 2.56. The van der Waals surface area contributed by atoms with Crippen LogP contribution in [0, 0.1) is 6.92 Å². The Balaban J connectivity index is 3.10. The Bertz CT molecular complexity index is 56.4. The van der Waals surface area contributed by atoms with Gasteiger partial charge in [0, 0.05) is 13.0 Å². The summed E-state index contributed by atoms with van der Waals surface area (Å²) in [5, 5.41) is 17.2. The molecule has 2 atom stereocenters. The molecule has 0 fully saturated rings. The van der Waals surface area contributed by atoms with Crippen molar-refractivity contribution >= 4 is 0 Å². The molecule has 0 bridgehead atoms. The van der Waals surface area contributed by atoms with Gasteiger partial charge in [-0.15, -0.1) is 0 Å². The molecule has 1 radical (unpaired) electrons. The van der Waals surface area contributed by atoms with E-state index in [1.165, 1.54) is 0 Å². The molecule has 3 heteroatoms. The Hall–Kier alpha value is -0.120. The number of hydrogen-bond acceptors (Lipinski definition) is 3. The zero-order chi connectivity index (χ0) is 6.57. The molecule has 0 aromatic heterocycles. The average molecular weight is 118 g/mol. The second-order valence-corrected chi connectivity index (χ2v) is 1.78. The summed E-state index contributed by atoms with van der Waals surface area (Å²) in [5.41, 5.74) is 5.03. The standard InChI is InChI=1S/C5H12NO2/c1-4(7)2-5(8)3-6/h4-5,7-8H,1-3,6H2. The second-order valence-electron chi connectivity index (χ2n) is 1.78. The van der Waals surface area contributed by atoms with Crippen LogP contribution in [0.1, 0.15) is 6.42 Å². The maximum Gasteiger partial charge on any atom is 0.0687 e. The fourth-order valence-electron chi connectivity index (χ4n) is 0.410. The molecule has 0 saturated heterocycles. The number of nitrogens with two attached hydrogens (primary N) is 1. The van der Waals surface area contributed by atoms with Crippen LogP contribution in [-0.2, 0) is 0 Å². The third-order valence-electron chi connectivity index (χ3n) is 0.816. The molecule has 0 aliphatic carbocycles. The molecule has 0 spiro atoms. The highest BCUT2D eigenvalue weighted by Gasteiger charge is 2.03. The van der Waals surface area contributed by atoms with Crippen LogP contribution in [0.3, 0.4) is 0 Å². The smallest absolute Gasteiger partial charge is 0.0687 e. The number of aliphatic hydroxyl groups excluding tert-OH is 2. The van der Waals surface area contributed by atoms with Crippen molar-refractivity contribution in [2.75, 3.05) is 6.54 Å². The predicted octanol–water partition coefficient (Wildman–Crippen LogP) is -1.11. The highest BCUT2D eigenvalue weighted by molar-refractivity contribution is 4.64. The molecule has 49 valence electrons. The van der Waals surface area contributed by atoms with Crippen LogP contribution < -0.4 is 5.73 Å². The average Bonchev–Trinajstić information content (AvgIpc) is 1.65. The van der Waals surface area contributed by atoms with E-state index in [-0.39, 0.29) is 13.0 Å². The van der Waals surface area contributed by atoms with Crippen LogP contribution in [0.4, 0.5) is 0 Å². The van der Waals surface area contributed by atoms with Crippen molar-refractivity contribution in [2.24, 2.45) is 5.73 Å². The van der Waals surface area contributed by atoms with Gasteiger partial charge in [-0.05, 0) is 6.92 Å². The summed E-state index contributed by atoms with van der Waals surface area (Å²) < 4.78 is 0. The van der Waals surface area contributed by atoms with Crippen LogP contribution >= 0.6 is 0 Å². The molecule has 0 amide bonds. The third kappa shape index (κ3) is 4.05. The van der Waals surface area contributed by atoms with E-state index >= 15 is 0 Å². The largest absolute Gasteiger partial charge is 0.393 e. The lowest BCUT2D eigenvalue weighted by Gasteiger charge is -2.07. The maximum absolute atomic E-state index is 8.70. The molecule has 0 rings (SSSR count). The molecule has 4 N–H and O–H groups in total. The van der Waals surface area contributed by atoms with Gasteiger partial charge in [-0.1, -0.05) is 0 Å². The highest BCUT2D eigenvalue weighted by Crippen LogP contribution is 1.93. The first-order chi connectivity index (χ1) is 3.66. The third-order valence-corrected chi connectivity index (χ3v) is 0.816. The lowest BCUT2D eigenvalue weighted by molar-refractivity contribution is 0.108. The molecule has 8 heavy (non-hydrogen) atoms. The van der Waals surface area contributed by atoms with Crippen LogP contribution in [0.2, 0.25) is 0 Å². The first-order valence-electron chi connectivity index (χ1n) is 2.56. The predicted molar refractivity (Wildman–Crippen MR) is 31.0 cm³/mol. The van der Waals surface area contributed by atoms with E-state index < -0.39 is 12.2 Å². The van der Waals surface area contributed by atoms with E-state index in [0.29, 0.717) is 0 Å². The van der Waals surface area contributed by atoms with Gasteiger partial charge in [-0.3, -0.25) is 0 Å². The summed E-state index contributed by atoms with van der Waals surface area (Å²) in [6.07, 6.45) is -1.05. The maximum atomic E-state index is 8.70. The fraction of sp³-hybridized carbons (Fsp3) is 0.800. The van der Waals surface area contributed by atoms with Gasteiger partial charge in [0.25, 0.3) is 0 Å². The molecule has 3 nitrogen and oxygen atoms in total. The minimum absolute atomic E-state index is 0.187. The van der Waals surface area contributed by atoms with Crippen molar-refractivity contribution in [2.45, 2.75) is 18.6 Å². The lowest BCUT2D eigenvalue weighted by atomic mass is 10.2. The molecule has 0 saturated carbocycles. The molecule has 0 aromatic rings. The van der Waals surface area contributed by atoms with Gasteiger partial charge in [0.05, 0.1) is 12.2 Å². The van der Waals surface area contributed by atoms with Gasteiger partial charge in [0.1, 0.15) is 0 Å².